The molecule has 0 saturated heterocycles. The van der Waals surface area contributed by atoms with Crippen LogP contribution < -0.4 is 0 Å². The molecule has 104 valence electrons. The maximum atomic E-state index is 3.31. The fourth-order valence-electron chi connectivity index (χ4n) is 0.733. The Bertz CT molecular complexity index is 1230. The average Bonchev–Trinajstić information content (AvgIpc) is 2.60. The maximum Gasteiger partial charge on any atom is 0 e. The van der Waals surface area contributed by atoms with Gasteiger partial charge in [0.25, 0.3) is 0 Å². The summed E-state index contributed by atoms with van der Waals surface area (Å²) in [7, 11) is 0. The Morgan fingerprint density at radius 2 is 0.792 bits per heavy atom. The van der Waals surface area contributed by atoms with Crippen molar-refractivity contribution in [1.82, 2.24) is 0 Å². The smallest absolute Gasteiger partial charge is 0 e. The normalized spacial score (nSPS) is 4.38. The van der Waals surface area contributed by atoms with Crippen LogP contribution >= 0.6 is 0 Å². The second kappa shape index (κ2) is 18.3. The third-order valence-corrected chi connectivity index (χ3v) is 1.53. The Morgan fingerprint density at radius 1 is 0.500 bits per heavy atom. The van der Waals surface area contributed by atoms with Gasteiger partial charge in [-0.3, -0.25) is 0 Å². The Morgan fingerprint density at radius 3 is 1.08 bits per heavy atom. The Kier molecular flexibility index (Phi) is 14.8. The molecule has 0 aliphatic carbocycles. The summed E-state index contributed by atoms with van der Waals surface area (Å²) in [4.78, 5) is 0. The van der Waals surface area contributed by atoms with Gasteiger partial charge in [-0.05, 0) is 111 Å². The first-order valence-corrected chi connectivity index (χ1v) is 6.51. The monoisotopic (exact) mass is 296 g/mol. The molecule has 0 aromatic heterocycles. The molecule has 0 rings (SSSR count). The van der Waals surface area contributed by atoms with E-state index in [1.165, 1.54) is 0 Å². The molecule has 0 aliphatic heterocycles. The Labute approximate surface area is 141 Å². The molecule has 0 fully saturated rings. The Balaban J connectivity index is 5.74. The van der Waals surface area contributed by atoms with Crippen molar-refractivity contribution in [3.63, 3.8) is 0 Å². The first-order valence-electron chi connectivity index (χ1n) is 6.51. The molecule has 0 N–H and O–H groups in total. The molecular weight excluding hydrogens is 288 g/mol. The van der Waals surface area contributed by atoms with Gasteiger partial charge in [-0.1, -0.05) is 18.4 Å². The molecule has 0 nitrogen and oxygen atoms in total. The van der Waals surface area contributed by atoms with Crippen LogP contribution in [-0.2, 0) is 0 Å². The van der Waals surface area contributed by atoms with Crippen LogP contribution in [-0.4, -0.2) is 0 Å². The molecule has 0 radical (unpaired) electrons. The molecule has 24 heavy (non-hydrogen) atoms. The highest BCUT2D eigenvalue weighted by atomic mass is 13.6. The van der Waals surface area contributed by atoms with E-state index in [2.05, 4.69) is 121 Å². The second-order valence-electron chi connectivity index (χ2n) is 3.18. The van der Waals surface area contributed by atoms with E-state index in [1.807, 2.05) is 13.0 Å². The highest BCUT2D eigenvalue weighted by Crippen LogP contribution is 1.71. The standard InChI is InChI=1S/C24H8/c1-3-5-7-9-11-13-15-17-19-21-23-24-22-20-18-16-14-12-10-8-6-4-2/h6H,1,4H2,2H3. The molecule has 0 atom stereocenters. The van der Waals surface area contributed by atoms with Gasteiger partial charge in [-0.25, -0.2) is 0 Å². The summed E-state index contributed by atoms with van der Waals surface area (Å²) in [6.45, 7) is 5.31. The molecule has 0 unspecified atom stereocenters. The lowest BCUT2D eigenvalue weighted by Gasteiger charge is -1.59. The van der Waals surface area contributed by atoms with Gasteiger partial charge in [0.1, 0.15) is 0 Å². The summed E-state index contributed by atoms with van der Waals surface area (Å²) in [6.07, 6.45) is 2.72. The van der Waals surface area contributed by atoms with Crippen molar-refractivity contribution < 1.29 is 0 Å². The second-order valence-corrected chi connectivity index (χ2v) is 3.18. The number of allylic oxidation sites excluding steroid dienone is 1. The van der Waals surface area contributed by atoms with E-state index in [9.17, 15) is 0 Å². The summed E-state index contributed by atoms with van der Waals surface area (Å²) in [5, 5.41) is 0. The SMILES string of the molecule is C=C=C=C=C=C=C=C=C=C=C=C=C=C=C=C=C=C=C=C=C=CCC. The van der Waals surface area contributed by atoms with Crippen LogP contribution in [0.4, 0.5) is 0 Å². The van der Waals surface area contributed by atoms with E-state index in [0.717, 1.165) is 6.42 Å². The van der Waals surface area contributed by atoms with Crippen molar-refractivity contribution in [2.24, 2.45) is 0 Å². The summed E-state index contributed by atoms with van der Waals surface area (Å²) >= 11 is 0. The molecule has 0 aromatic carbocycles. The van der Waals surface area contributed by atoms with Gasteiger partial charge in [0, 0.05) is 11.5 Å². The molecule has 0 aliphatic rings. The van der Waals surface area contributed by atoms with E-state index in [0.29, 0.717) is 0 Å². The van der Waals surface area contributed by atoms with Crippen molar-refractivity contribution >= 4 is 0 Å². The first-order chi connectivity index (χ1) is 11.9. The van der Waals surface area contributed by atoms with Gasteiger partial charge in [0.05, 0.1) is 0 Å². The lowest BCUT2D eigenvalue weighted by molar-refractivity contribution is 1.23. The summed E-state index contributed by atoms with van der Waals surface area (Å²) < 4.78 is 0. The highest BCUT2D eigenvalue weighted by molar-refractivity contribution is 4.93. The quantitative estimate of drug-likeness (QED) is 0.616. The third kappa shape index (κ3) is 17.3. The van der Waals surface area contributed by atoms with Gasteiger partial charge in [-0.15, -0.1) is 0 Å². The van der Waals surface area contributed by atoms with E-state index < -0.39 is 0 Å². The largest absolute Gasteiger partial charge is 0.0687 e. The molecule has 0 aromatic rings. The number of rotatable bonds is 1. The van der Waals surface area contributed by atoms with Gasteiger partial charge in [0.15, 0.2) is 0 Å². The predicted octanol–water partition coefficient (Wildman–Crippen LogP) is 4.68. The van der Waals surface area contributed by atoms with Crippen LogP contribution in [0, 0.1) is 0 Å². The third-order valence-electron chi connectivity index (χ3n) is 1.53. The van der Waals surface area contributed by atoms with Crippen molar-refractivity contribution in [2.75, 3.05) is 0 Å². The van der Waals surface area contributed by atoms with Crippen LogP contribution in [0.3, 0.4) is 0 Å². The fraction of sp³-hybridized carbons (Fsp3) is 0.0833. The molecule has 0 spiro atoms. The number of hydrogen-bond acceptors (Lipinski definition) is 0. The zero-order chi connectivity index (χ0) is 17.6. The lowest BCUT2D eigenvalue weighted by atomic mass is 10.5. The minimum absolute atomic E-state index is 0.897. The Hall–Kier alpha value is -4.66. The van der Waals surface area contributed by atoms with Crippen molar-refractivity contribution in [1.29, 1.82) is 0 Å². The van der Waals surface area contributed by atoms with Crippen LogP contribution in [0.5, 0.6) is 0 Å². The van der Waals surface area contributed by atoms with Gasteiger partial charge in [-0.2, -0.15) is 0 Å². The minimum Gasteiger partial charge on any atom is -0.0687 e. The lowest BCUT2D eigenvalue weighted by Crippen LogP contribution is -1.40. The fourth-order valence-corrected chi connectivity index (χ4v) is 0.733. The molecule has 0 amide bonds. The summed E-state index contributed by atoms with van der Waals surface area (Å²) in [5.74, 6) is 0. The summed E-state index contributed by atoms with van der Waals surface area (Å²) in [6, 6.07) is 0. The average molecular weight is 296 g/mol. The zero-order valence-electron chi connectivity index (χ0n) is 13.0. The molecule has 0 bridgehead atoms. The van der Waals surface area contributed by atoms with Gasteiger partial charge < -0.3 is 0 Å². The van der Waals surface area contributed by atoms with Crippen molar-refractivity contribution in [3.05, 3.63) is 127 Å². The zero-order valence-corrected chi connectivity index (χ0v) is 13.0. The van der Waals surface area contributed by atoms with E-state index in [-0.39, 0.29) is 0 Å². The summed E-state index contributed by atoms with van der Waals surface area (Å²) in [5.41, 5.74) is 50.5. The topological polar surface area (TPSA) is 0 Å². The van der Waals surface area contributed by atoms with Crippen molar-refractivity contribution in [2.45, 2.75) is 13.3 Å². The molecule has 0 heteroatoms. The molecular formula is C24H8. The van der Waals surface area contributed by atoms with E-state index in [4.69, 9.17) is 0 Å². The van der Waals surface area contributed by atoms with Crippen LogP contribution in [0.25, 0.3) is 0 Å². The minimum atomic E-state index is 0.897. The van der Waals surface area contributed by atoms with Gasteiger partial charge >= 0.3 is 0 Å². The highest BCUT2D eigenvalue weighted by Gasteiger charge is 1.52. The predicted molar refractivity (Wildman–Crippen MR) is 90.7 cm³/mol. The van der Waals surface area contributed by atoms with Crippen LogP contribution in [0.1, 0.15) is 13.3 Å². The van der Waals surface area contributed by atoms with Crippen LogP contribution in [0.2, 0.25) is 0 Å². The molecule has 0 heterocycles. The van der Waals surface area contributed by atoms with Crippen molar-refractivity contribution in [3.8, 4) is 0 Å². The van der Waals surface area contributed by atoms with E-state index >= 15 is 0 Å². The molecule has 0 saturated carbocycles. The van der Waals surface area contributed by atoms with E-state index in [1.54, 1.807) is 0 Å². The first kappa shape index (κ1) is 19.3. The van der Waals surface area contributed by atoms with Crippen LogP contribution in [0.15, 0.2) is 127 Å². The van der Waals surface area contributed by atoms with Gasteiger partial charge in [0.2, 0.25) is 0 Å². The number of hydrogen-bond donors (Lipinski definition) is 0. The maximum absolute atomic E-state index is 3.31.